The number of benzene rings is 1. The quantitative estimate of drug-likeness (QED) is 0.702. The fourth-order valence-corrected chi connectivity index (χ4v) is 2.66. The number of aromatic nitrogens is 2. The fraction of sp³-hybridized carbons (Fsp3) is 0.333. The van der Waals surface area contributed by atoms with Crippen LogP contribution in [0, 0.1) is 16.4 Å². The molecule has 2 N–H and O–H groups in total. The zero-order chi connectivity index (χ0) is 14.9. The lowest BCUT2D eigenvalue weighted by Gasteiger charge is -2.11. The van der Waals surface area contributed by atoms with Gasteiger partial charge >= 0.3 is 0 Å². The number of hydrogen-bond acceptors (Lipinski definition) is 3. The number of anilines is 1. The van der Waals surface area contributed by atoms with Gasteiger partial charge in [-0.3, -0.25) is 0 Å². The molecule has 0 aliphatic carbocycles. The van der Waals surface area contributed by atoms with Gasteiger partial charge in [0.1, 0.15) is 5.82 Å². The smallest absolute Gasteiger partial charge is 0.161 e. The number of halogens is 2. The molecule has 3 nitrogen and oxygen atoms in total. The van der Waals surface area contributed by atoms with E-state index in [2.05, 4.69) is 70.3 Å². The maximum Gasteiger partial charge on any atom is 0.161 e. The molecular weight excluding hydrogens is 429 g/mol. The second kappa shape index (κ2) is 6.39. The van der Waals surface area contributed by atoms with Gasteiger partial charge in [-0.1, -0.05) is 35.8 Å². The van der Waals surface area contributed by atoms with Crippen LogP contribution in [0.4, 0.5) is 5.82 Å². The van der Waals surface area contributed by atoms with Crippen LogP contribution >= 0.6 is 38.5 Å². The molecule has 0 spiro atoms. The summed E-state index contributed by atoms with van der Waals surface area (Å²) in [7, 11) is 0. The third-order valence-corrected chi connectivity index (χ3v) is 5.03. The van der Waals surface area contributed by atoms with Gasteiger partial charge in [0.2, 0.25) is 0 Å². The van der Waals surface area contributed by atoms with Gasteiger partial charge in [0.15, 0.2) is 5.82 Å². The molecule has 106 valence electrons. The van der Waals surface area contributed by atoms with Crippen molar-refractivity contribution in [3.8, 4) is 11.4 Å². The maximum absolute atomic E-state index is 6.03. The standard InChI is InChI=1S/C15H17BrIN3/c1-8(2)6-12-13(17)14(18)20-15(19-12)10-4-5-11(16)9(3)7-10/h4-5,7-8H,6H2,1-3H3,(H2,18,19,20). The minimum atomic E-state index is 0.539. The first-order valence-electron chi connectivity index (χ1n) is 6.47. The highest BCUT2D eigenvalue weighted by molar-refractivity contribution is 14.1. The molecule has 0 bridgehead atoms. The van der Waals surface area contributed by atoms with Crippen LogP contribution in [0.15, 0.2) is 22.7 Å². The number of aryl methyl sites for hydroxylation is 1. The number of nitrogens with two attached hydrogens (primary N) is 1. The third-order valence-electron chi connectivity index (χ3n) is 2.96. The Hall–Kier alpha value is -0.690. The summed E-state index contributed by atoms with van der Waals surface area (Å²) >= 11 is 5.74. The van der Waals surface area contributed by atoms with Crippen LogP contribution in [0.3, 0.4) is 0 Å². The molecule has 0 unspecified atom stereocenters. The van der Waals surface area contributed by atoms with Crippen molar-refractivity contribution >= 4 is 44.3 Å². The van der Waals surface area contributed by atoms with E-state index in [1.807, 2.05) is 12.1 Å². The van der Waals surface area contributed by atoms with Gasteiger partial charge in [-0.05, 0) is 59.5 Å². The Balaban J connectivity index is 2.51. The molecule has 2 rings (SSSR count). The predicted octanol–water partition coefficient (Wildman–Crippen LogP) is 4.60. The molecule has 0 atom stereocenters. The summed E-state index contributed by atoms with van der Waals surface area (Å²) in [5.41, 5.74) is 9.23. The topological polar surface area (TPSA) is 51.8 Å². The lowest BCUT2D eigenvalue weighted by atomic mass is 10.1. The molecule has 0 aliphatic heterocycles. The van der Waals surface area contributed by atoms with Crippen molar-refractivity contribution in [1.29, 1.82) is 0 Å². The minimum Gasteiger partial charge on any atom is -0.383 e. The summed E-state index contributed by atoms with van der Waals surface area (Å²) in [5.74, 6) is 1.80. The van der Waals surface area contributed by atoms with E-state index in [0.717, 1.165) is 31.3 Å². The van der Waals surface area contributed by atoms with Crippen molar-refractivity contribution in [3.05, 3.63) is 37.5 Å². The molecule has 1 aromatic carbocycles. The van der Waals surface area contributed by atoms with E-state index in [1.54, 1.807) is 0 Å². The number of nitrogens with zero attached hydrogens (tertiary/aromatic N) is 2. The van der Waals surface area contributed by atoms with Crippen LogP contribution in [-0.4, -0.2) is 9.97 Å². The number of hydrogen-bond donors (Lipinski definition) is 1. The average Bonchev–Trinajstić information content (AvgIpc) is 2.37. The second-order valence-corrected chi connectivity index (χ2v) is 7.19. The van der Waals surface area contributed by atoms with Gasteiger partial charge in [0.05, 0.1) is 9.26 Å². The normalized spacial score (nSPS) is 11.1. The molecule has 1 heterocycles. The third kappa shape index (κ3) is 3.49. The minimum absolute atomic E-state index is 0.539. The summed E-state index contributed by atoms with van der Waals surface area (Å²) < 4.78 is 2.05. The first-order chi connectivity index (χ1) is 9.38. The highest BCUT2D eigenvalue weighted by Gasteiger charge is 2.13. The monoisotopic (exact) mass is 445 g/mol. The van der Waals surface area contributed by atoms with Crippen LogP contribution < -0.4 is 5.73 Å². The van der Waals surface area contributed by atoms with Crippen LogP contribution in [-0.2, 0) is 6.42 Å². The van der Waals surface area contributed by atoms with Crippen LogP contribution in [0.5, 0.6) is 0 Å². The summed E-state index contributed by atoms with van der Waals surface area (Å²) in [6.45, 7) is 6.41. The summed E-state index contributed by atoms with van der Waals surface area (Å²) in [6.07, 6.45) is 0.910. The molecule has 20 heavy (non-hydrogen) atoms. The van der Waals surface area contributed by atoms with Crippen molar-refractivity contribution in [3.63, 3.8) is 0 Å². The molecule has 0 radical (unpaired) electrons. The number of nitrogen functional groups attached to an aromatic ring is 1. The second-order valence-electron chi connectivity index (χ2n) is 5.26. The molecule has 1 aromatic heterocycles. The van der Waals surface area contributed by atoms with Gasteiger partial charge in [0.25, 0.3) is 0 Å². The number of rotatable bonds is 3. The van der Waals surface area contributed by atoms with Crippen LogP contribution in [0.2, 0.25) is 0 Å². The Morgan fingerprint density at radius 1 is 1.30 bits per heavy atom. The van der Waals surface area contributed by atoms with E-state index in [4.69, 9.17) is 10.7 Å². The van der Waals surface area contributed by atoms with Crippen molar-refractivity contribution in [1.82, 2.24) is 9.97 Å². The zero-order valence-electron chi connectivity index (χ0n) is 11.7. The Morgan fingerprint density at radius 3 is 2.60 bits per heavy atom. The van der Waals surface area contributed by atoms with Crippen molar-refractivity contribution < 1.29 is 0 Å². The van der Waals surface area contributed by atoms with Crippen LogP contribution in [0.1, 0.15) is 25.1 Å². The van der Waals surface area contributed by atoms with Gasteiger partial charge in [-0.15, -0.1) is 0 Å². The molecule has 0 saturated carbocycles. The Kier molecular flexibility index (Phi) is 5.01. The predicted molar refractivity (Wildman–Crippen MR) is 95.6 cm³/mol. The molecule has 0 amide bonds. The van der Waals surface area contributed by atoms with Gasteiger partial charge in [-0.2, -0.15) is 0 Å². The van der Waals surface area contributed by atoms with Crippen molar-refractivity contribution in [2.45, 2.75) is 27.2 Å². The lowest BCUT2D eigenvalue weighted by molar-refractivity contribution is 0.632. The van der Waals surface area contributed by atoms with E-state index in [0.29, 0.717) is 17.6 Å². The van der Waals surface area contributed by atoms with E-state index < -0.39 is 0 Å². The van der Waals surface area contributed by atoms with E-state index in [-0.39, 0.29) is 0 Å². The lowest BCUT2D eigenvalue weighted by Crippen LogP contribution is -2.07. The SMILES string of the molecule is Cc1cc(-c2nc(N)c(I)c(CC(C)C)n2)ccc1Br. The molecule has 0 aliphatic rings. The van der Waals surface area contributed by atoms with Crippen LogP contribution in [0.25, 0.3) is 11.4 Å². The maximum atomic E-state index is 6.03. The van der Waals surface area contributed by atoms with Crippen molar-refractivity contribution in [2.24, 2.45) is 5.92 Å². The van der Waals surface area contributed by atoms with Gasteiger partial charge in [-0.25, -0.2) is 9.97 Å². The molecule has 0 saturated heterocycles. The highest BCUT2D eigenvalue weighted by atomic mass is 127. The molecule has 2 aromatic rings. The summed E-state index contributed by atoms with van der Waals surface area (Å²) in [6, 6.07) is 6.10. The molecule has 5 heteroatoms. The average molecular weight is 446 g/mol. The molecular formula is C15H17BrIN3. The van der Waals surface area contributed by atoms with E-state index >= 15 is 0 Å². The van der Waals surface area contributed by atoms with E-state index in [9.17, 15) is 0 Å². The van der Waals surface area contributed by atoms with Crippen molar-refractivity contribution in [2.75, 3.05) is 5.73 Å². The summed E-state index contributed by atoms with van der Waals surface area (Å²) in [4.78, 5) is 9.13. The Labute approximate surface area is 141 Å². The summed E-state index contributed by atoms with van der Waals surface area (Å²) in [5, 5.41) is 0. The highest BCUT2D eigenvalue weighted by Crippen LogP contribution is 2.26. The largest absolute Gasteiger partial charge is 0.383 e. The first-order valence-corrected chi connectivity index (χ1v) is 8.34. The molecule has 0 fully saturated rings. The van der Waals surface area contributed by atoms with Gasteiger partial charge in [0, 0.05) is 10.0 Å². The van der Waals surface area contributed by atoms with Gasteiger partial charge < -0.3 is 5.73 Å². The van der Waals surface area contributed by atoms with E-state index in [1.165, 1.54) is 0 Å². The Morgan fingerprint density at radius 2 is 2.00 bits per heavy atom. The Bertz CT molecular complexity index is 641. The fourth-order valence-electron chi connectivity index (χ4n) is 1.95. The zero-order valence-corrected chi connectivity index (χ0v) is 15.5. The first kappa shape index (κ1) is 15.7.